The Hall–Kier alpha value is -10.2. The van der Waals surface area contributed by atoms with E-state index in [1.165, 1.54) is 127 Å². The highest BCUT2D eigenvalue weighted by molar-refractivity contribution is 6.20. The molecule has 0 spiro atoms. The van der Waals surface area contributed by atoms with Crippen molar-refractivity contribution < 1.29 is 0 Å². The highest BCUT2D eigenvalue weighted by Crippen LogP contribution is 2.52. The van der Waals surface area contributed by atoms with E-state index in [1.54, 1.807) is 0 Å². The fraction of sp³-hybridized carbons (Fsp3) is 0. The van der Waals surface area contributed by atoms with E-state index in [0.717, 1.165) is 39.4 Å². The molecule has 4 heteroatoms. The maximum atomic E-state index is 5.56. The molecular formula is C72H42N4. The van der Waals surface area contributed by atoms with Crippen molar-refractivity contribution in [2.75, 3.05) is 0 Å². The van der Waals surface area contributed by atoms with E-state index in [4.69, 9.17) is 9.97 Å². The van der Waals surface area contributed by atoms with E-state index >= 15 is 0 Å². The minimum atomic E-state index is 0.964. The molecule has 0 N–H and O–H groups in total. The molecule has 0 unspecified atom stereocenters. The molecule has 4 nitrogen and oxygen atoms in total. The third-order valence-electron chi connectivity index (χ3n) is 16.5. The molecule has 17 rings (SSSR count). The lowest BCUT2D eigenvalue weighted by atomic mass is 9.93. The second-order valence-corrected chi connectivity index (χ2v) is 20.4. The highest BCUT2D eigenvalue weighted by atomic mass is 15.0. The maximum absolute atomic E-state index is 5.56. The molecule has 0 saturated carbocycles. The van der Waals surface area contributed by atoms with Crippen LogP contribution in [0.2, 0.25) is 0 Å². The van der Waals surface area contributed by atoms with Gasteiger partial charge in [-0.15, -0.1) is 0 Å². The van der Waals surface area contributed by atoms with Gasteiger partial charge in [-0.3, -0.25) is 4.98 Å². The minimum Gasteiger partial charge on any atom is -0.309 e. The third kappa shape index (κ3) is 5.78. The Morgan fingerprint density at radius 2 is 0.829 bits per heavy atom. The third-order valence-corrected chi connectivity index (χ3v) is 16.5. The molecule has 15 aromatic rings. The number of hydrogen-bond acceptors (Lipinski definition) is 2. The van der Waals surface area contributed by atoms with Crippen molar-refractivity contribution in [3.8, 4) is 101 Å². The summed E-state index contributed by atoms with van der Waals surface area (Å²) >= 11 is 0. The van der Waals surface area contributed by atoms with E-state index < -0.39 is 0 Å². The first kappa shape index (κ1) is 41.3. The van der Waals surface area contributed by atoms with Gasteiger partial charge in [-0.05, 0) is 157 Å². The van der Waals surface area contributed by atoms with Crippen LogP contribution < -0.4 is 0 Å². The van der Waals surface area contributed by atoms with Gasteiger partial charge in [-0.25, -0.2) is 4.98 Å². The Balaban J connectivity index is 0.750. The molecule has 350 valence electrons. The highest BCUT2D eigenvalue weighted by Gasteiger charge is 2.28. The summed E-state index contributed by atoms with van der Waals surface area (Å²) in [6, 6.07) is 91.3. The molecule has 0 saturated heterocycles. The lowest BCUT2D eigenvalue weighted by Crippen LogP contribution is -1.94. The van der Waals surface area contributed by atoms with Crippen molar-refractivity contribution in [2.24, 2.45) is 0 Å². The van der Waals surface area contributed by atoms with Crippen LogP contribution in [0.1, 0.15) is 0 Å². The van der Waals surface area contributed by atoms with E-state index in [0.29, 0.717) is 0 Å². The molecule has 2 aliphatic carbocycles. The van der Waals surface area contributed by atoms with Crippen molar-refractivity contribution in [3.63, 3.8) is 0 Å². The van der Waals surface area contributed by atoms with Crippen LogP contribution in [0.3, 0.4) is 0 Å². The summed E-state index contributed by atoms with van der Waals surface area (Å²) in [4.78, 5) is 10.3. The zero-order valence-electron chi connectivity index (χ0n) is 41.0. The van der Waals surface area contributed by atoms with Crippen LogP contribution in [0.4, 0.5) is 0 Å². The first-order valence-corrected chi connectivity index (χ1v) is 26.1. The van der Waals surface area contributed by atoms with Crippen LogP contribution in [0.25, 0.3) is 166 Å². The van der Waals surface area contributed by atoms with Crippen molar-refractivity contribution >= 4 is 65.3 Å². The van der Waals surface area contributed by atoms with Crippen molar-refractivity contribution in [3.05, 3.63) is 255 Å². The predicted molar refractivity (Wildman–Crippen MR) is 316 cm³/mol. The first-order valence-electron chi connectivity index (χ1n) is 26.1. The van der Waals surface area contributed by atoms with Crippen LogP contribution in [0.5, 0.6) is 0 Å². The number of pyridine rings is 2. The first-order chi connectivity index (χ1) is 37.7. The molecule has 0 bridgehead atoms. The number of nitrogens with zero attached hydrogens (tertiary/aromatic N) is 4. The average Bonchev–Trinajstić information content (AvgIpc) is 4.21. The Labute approximate surface area is 437 Å². The van der Waals surface area contributed by atoms with Gasteiger partial charge < -0.3 is 9.13 Å². The summed E-state index contributed by atoms with van der Waals surface area (Å²) in [6.07, 6.45) is 1.95. The van der Waals surface area contributed by atoms with Gasteiger partial charge >= 0.3 is 0 Å². The normalized spacial score (nSPS) is 12.2. The molecule has 0 amide bonds. The molecule has 0 aliphatic heterocycles. The number of hydrogen-bond donors (Lipinski definition) is 0. The summed E-state index contributed by atoms with van der Waals surface area (Å²) in [7, 11) is 0. The SMILES string of the molecule is c1ccc(-n2c3ccccc3c3cc(-c4ccccc4-c4ccc5c(n4)-c4cccc6c(-c7cccc(-n8c9ccccc9c9cc(-c%10cccc%11c%10-c%10ccnc%12cccc-%11c%10%12)ccc98)c7)ccc-5c46)ccc32)cc1. The average molecular weight is 963 g/mol. The van der Waals surface area contributed by atoms with Gasteiger partial charge in [-0.2, -0.15) is 0 Å². The Kier molecular flexibility index (Phi) is 8.52. The second-order valence-electron chi connectivity index (χ2n) is 20.4. The van der Waals surface area contributed by atoms with E-state index in [2.05, 4.69) is 258 Å². The van der Waals surface area contributed by atoms with E-state index in [9.17, 15) is 0 Å². The van der Waals surface area contributed by atoms with Gasteiger partial charge in [0.1, 0.15) is 0 Å². The molecule has 2 aliphatic rings. The fourth-order valence-electron chi connectivity index (χ4n) is 13.2. The van der Waals surface area contributed by atoms with Gasteiger partial charge in [-0.1, -0.05) is 164 Å². The monoisotopic (exact) mass is 962 g/mol. The van der Waals surface area contributed by atoms with Gasteiger partial charge in [0, 0.05) is 61.2 Å². The number of benzene rings is 11. The van der Waals surface area contributed by atoms with E-state index in [-0.39, 0.29) is 0 Å². The molecule has 76 heavy (non-hydrogen) atoms. The summed E-state index contributed by atoms with van der Waals surface area (Å²) in [5.74, 6) is 0. The minimum absolute atomic E-state index is 0.964. The molecule has 4 aromatic heterocycles. The zero-order valence-corrected chi connectivity index (χ0v) is 41.0. The van der Waals surface area contributed by atoms with Crippen molar-refractivity contribution in [1.29, 1.82) is 0 Å². The number of fused-ring (bicyclic) bond motifs is 12. The summed E-state index contributed by atoms with van der Waals surface area (Å²) in [5.41, 5.74) is 27.0. The number of rotatable bonds is 6. The van der Waals surface area contributed by atoms with Crippen molar-refractivity contribution in [2.45, 2.75) is 0 Å². The van der Waals surface area contributed by atoms with Gasteiger partial charge in [0.15, 0.2) is 0 Å². The molecule has 0 radical (unpaired) electrons. The molecule has 0 fully saturated rings. The van der Waals surface area contributed by atoms with Crippen LogP contribution in [0, 0.1) is 0 Å². The Morgan fingerprint density at radius 3 is 1.64 bits per heavy atom. The smallest absolute Gasteiger partial charge is 0.0794 e. The van der Waals surface area contributed by atoms with Gasteiger partial charge in [0.2, 0.25) is 0 Å². The lowest BCUT2D eigenvalue weighted by Gasteiger charge is -2.13. The Morgan fingerprint density at radius 1 is 0.276 bits per heavy atom. The maximum Gasteiger partial charge on any atom is 0.0794 e. The van der Waals surface area contributed by atoms with Crippen molar-refractivity contribution in [1.82, 2.24) is 19.1 Å². The number of para-hydroxylation sites is 3. The number of aromatic nitrogens is 4. The molecular weight excluding hydrogens is 921 g/mol. The zero-order chi connectivity index (χ0) is 49.6. The summed E-state index contributed by atoms with van der Waals surface area (Å²) in [5, 5.41) is 8.67. The Bertz CT molecular complexity index is 4990. The molecule has 0 atom stereocenters. The quantitative estimate of drug-likeness (QED) is 0.166. The standard InChI is InChI=1S/C72H42N4/c1-2-15-46(16-3-1)75-65-28-8-6-20-52(65)61-41-44(30-36-67(61)75)48-18-4-5-19-51(48)63-35-34-58-57-33-32-49(54-23-12-26-60(70(54)57)72(58)74-63)43-14-10-17-47(40-43)76-66-29-9-7-21-53(66)62-42-45(31-37-68(62)76)50-22-11-24-55-56-25-13-27-64-71(56)59(69(50)55)38-39-73-64/h1-42H. The van der Waals surface area contributed by atoms with Crippen LogP contribution in [0.15, 0.2) is 255 Å². The lowest BCUT2D eigenvalue weighted by molar-refractivity contribution is 1.18. The summed E-state index contributed by atoms with van der Waals surface area (Å²) < 4.78 is 4.81. The van der Waals surface area contributed by atoms with Crippen LogP contribution in [-0.2, 0) is 0 Å². The predicted octanol–water partition coefficient (Wildman–Crippen LogP) is 18.9. The topological polar surface area (TPSA) is 35.6 Å². The fourth-order valence-corrected chi connectivity index (χ4v) is 13.2. The van der Waals surface area contributed by atoms with Crippen LogP contribution >= 0.6 is 0 Å². The molecule has 11 aromatic carbocycles. The van der Waals surface area contributed by atoms with Gasteiger partial charge in [0.05, 0.1) is 39.0 Å². The molecule has 4 heterocycles. The van der Waals surface area contributed by atoms with E-state index in [1.807, 2.05) is 6.20 Å². The van der Waals surface area contributed by atoms with Gasteiger partial charge in [0.25, 0.3) is 0 Å². The summed E-state index contributed by atoms with van der Waals surface area (Å²) in [6.45, 7) is 0. The van der Waals surface area contributed by atoms with Crippen LogP contribution in [-0.4, -0.2) is 19.1 Å². The largest absolute Gasteiger partial charge is 0.309 e. The second kappa shape index (κ2) is 15.7.